The molecule has 1 unspecified atom stereocenters. The highest BCUT2D eigenvalue weighted by atomic mass is 79.9. The minimum Gasteiger partial charge on any atom is -0.309 e. The third-order valence-electron chi connectivity index (χ3n) is 3.65. The summed E-state index contributed by atoms with van der Waals surface area (Å²) in [5.41, 5.74) is 0. The largest absolute Gasteiger partial charge is 0.309 e. The summed E-state index contributed by atoms with van der Waals surface area (Å²) in [5, 5.41) is 5.91. The Morgan fingerprint density at radius 2 is 2.24 bits per heavy atom. The quantitative estimate of drug-likeness (QED) is 0.767. The van der Waals surface area contributed by atoms with Gasteiger partial charge < -0.3 is 5.32 Å². The van der Waals surface area contributed by atoms with Crippen LogP contribution in [0.2, 0.25) is 0 Å². The number of thiophene rings is 1. The van der Waals surface area contributed by atoms with Gasteiger partial charge >= 0.3 is 0 Å². The fourth-order valence-corrected chi connectivity index (χ4v) is 4.47. The van der Waals surface area contributed by atoms with E-state index in [1.165, 1.54) is 47.9 Å². The Balaban J connectivity index is 1.99. The average Bonchev–Trinajstić information content (AvgIpc) is 2.95. The van der Waals surface area contributed by atoms with E-state index in [9.17, 15) is 0 Å². The summed E-state index contributed by atoms with van der Waals surface area (Å²) in [6, 6.07) is 2.74. The van der Waals surface area contributed by atoms with Crippen LogP contribution in [0.4, 0.5) is 0 Å². The molecular formula is C14H22BrNS. The SMILES string of the molecule is CCCNC(CC1CCCC1)c1sccc1Br. The Hall–Kier alpha value is 0.140. The normalized spacial score (nSPS) is 18.7. The zero-order valence-corrected chi connectivity index (χ0v) is 12.9. The van der Waals surface area contributed by atoms with Crippen LogP contribution in [0.1, 0.15) is 56.4 Å². The lowest BCUT2D eigenvalue weighted by molar-refractivity contribution is 0.398. The second-order valence-corrected chi connectivity index (χ2v) is 6.83. The van der Waals surface area contributed by atoms with Gasteiger partial charge in [-0.3, -0.25) is 0 Å². The van der Waals surface area contributed by atoms with Crippen molar-refractivity contribution in [1.82, 2.24) is 5.32 Å². The molecule has 0 saturated heterocycles. The summed E-state index contributed by atoms with van der Waals surface area (Å²) in [6.07, 6.45) is 8.29. The van der Waals surface area contributed by atoms with E-state index in [4.69, 9.17) is 0 Å². The number of nitrogens with one attached hydrogen (secondary N) is 1. The molecule has 0 radical (unpaired) electrons. The molecule has 1 aliphatic rings. The maximum Gasteiger partial charge on any atom is 0.0428 e. The molecule has 0 aliphatic heterocycles. The van der Waals surface area contributed by atoms with E-state index in [-0.39, 0.29) is 0 Å². The molecule has 0 aromatic carbocycles. The van der Waals surface area contributed by atoms with Crippen LogP contribution in [0.15, 0.2) is 15.9 Å². The summed E-state index contributed by atoms with van der Waals surface area (Å²) in [4.78, 5) is 1.49. The van der Waals surface area contributed by atoms with Crippen LogP contribution >= 0.6 is 27.3 Å². The third-order valence-corrected chi connectivity index (χ3v) is 5.63. The fourth-order valence-electron chi connectivity index (χ4n) is 2.74. The first kappa shape index (κ1) is 13.6. The molecule has 1 aromatic heterocycles. The van der Waals surface area contributed by atoms with Crippen molar-refractivity contribution in [3.05, 3.63) is 20.8 Å². The zero-order valence-electron chi connectivity index (χ0n) is 10.5. The van der Waals surface area contributed by atoms with Crippen molar-refractivity contribution in [2.24, 2.45) is 5.92 Å². The van der Waals surface area contributed by atoms with Crippen LogP contribution in [0.5, 0.6) is 0 Å². The van der Waals surface area contributed by atoms with Crippen LogP contribution in [-0.4, -0.2) is 6.54 Å². The molecule has 1 saturated carbocycles. The van der Waals surface area contributed by atoms with E-state index in [2.05, 4.69) is 39.6 Å². The van der Waals surface area contributed by atoms with Gasteiger partial charge in [0, 0.05) is 15.4 Å². The van der Waals surface area contributed by atoms with Gasteiger partial charge in [0.25, 0.3) is 0 Å². The molecule has 0 amide bonds. The molecule has 1 fully saturated rings. The molecule has 17 heavy (non-hydrogen) atoms. The van der Waals surface area contributed by atoms with Crippen LogP contribution in [0.25, 0.3) is 0 Å². The standard InChI is InChI=1S/C14H22BrNS/c1-2-8-16-13(10-11-5-3-4-6-11)14-12(15)7-9-17-14/h7,9,11,13,16H,2-6,8,10H2,1H3. The lowest BCUT2D eigenvalue weighted by Crippen LogP contribution is -2.23. The smallest absolute Gasteiger partial charge is 0.0428 e. The summed E-state index contributed by atoms with van der Waals surface area (Å²) in [7, 11) is 0. The van der Waals surface area contributed by atoms with Gasteiger partial charge in [0.05, 0.1) is 0 Å². The summed E-state index contributed by atoms with van der Waals surface area (Å²) in [5.74, 6) is 0.943. The van der Waals surface area contributed by atoms with Crippen LogP contribution < -0.4 is 5.32 Å². The van der Waals surface area contributed by atoms with Crippen molar-refractivity contribution >= 4 is 27.3 Å². The van der Waals surface area contributed by atoms with Gasteiger partial charge in [-0.15, -0.1) is 11.3 Å². The molecule has 1 heterocycles. The van der Waals surface area contributed by atoms with E-state index in [1.807, 2.05) is 11.3 Å². The number of hydrogen-bond acceptors (Lipinski definition) is 2. The highest BCUT2D eigenvalue weighted by Crippen LogP contribution is 2.37. The molecule has 96 valence electrons. The summed E-state index contributed by atoms with van der Waals surface area (Å²) in [6.45, 7) is 3.37. The van der Waals surface area contributed by atoms with Crippen molar-refractivity contribution in [1.29, 1.82) is 0 Å². The number of rotatable bonds is 6. The van der Waals surface area contributed by atoms with Crippen LogP contribution in [-0.2, 0) is 0 Å². The van der Waals surface area contributed by atoms with Crippen molar-refractivity contribution in [3.8, 4) is 0 Å². The molecule has 1 atom stereocenters. The van der Waals surface area contributed by atoms with Gasteiger partial charge in [0.2, 0.25) is 0 Å². The first-order valence-corrected chi connectivity index (χ1v) is 8.44. The lowest BCUT2D eigenvalue weighted by Gasteiger charge is -2.21. The Morgan fingerprint density at radius 1 is 1.47 bits per heavy atom. The molecule has 1 aromatic rings. The van der Waals surface area contributed by atoms with Crippen molar-refractivity contribution in [2.45, 2.75) is 51.5 Å². The maximum atomic E-state index is 3.72. The fraction of sp³-hybridized carbons (Fsp3) is 0.714. The highest BCUT2D eigenvalue weighted by Gasteiger charge is 2.22. The molecule has 1 nitrogen and oxygen atoms in total. The number of halogens is 1. The minimum atomic E-state index is 0.562. The molecule has 0 spiro atoms. The molecule has 1 N–H and O–H groups in total. The van der Waals surface area contributed by atoms with Gasteiger partial charge in [-0.2, -0.15) is 0 Å². The Labute approximate surface area is 117 Å². The van der Waals surface area contributed by atoms with Crippen molar-refractivity contribution in [3.63, 3.8) is 0 Å². The zero-order chi connectivity index (χ0) is 12.1. The van der Waals surface area contributed by atoms with E-state index in [0.717, 1.165) is 12.5 Å². The summed E-state index contributed by atoms with van der Waals surface area (Å²) >= 11 is 5.56. The second-order valence-electron chi connectivity index (χ2n) is 5.03. The second kappa shape index (κ2) is 6.91. The first-order chi connectivity index (χ1) is 8.31. The van der Waals surface area contributed by atoms with E-state index in [0.29, 0.717) is 6.04 Å². The van der Waals surface area contributed by atoms with Gasteiger partial charge in [0.1, 0.15) is 0 Å². The Bertz CT molecular complexity index is 331. The molecule has 2 rings (SSSR count). The third kappa shape index (κ3) is 3.80. The van der Waals surface area contributed by atoms with Crippen molar-refractivity contribution in [2.75, 3.05) is 6.54 Å². The Kier molecular flexibility index (Phi) is 5.51. The molecule has 0 bridgehead atoms. The van der Waals surface area contributed by atoms with E-state index >= 15 is 0 Å². The molecular weight excluding hydrogens is 294 g/mol. The maximum absolute atomic E-state index is 3.72. The summed E-state index contributed by atoms with van der Waals surface area (Å²) < 4.78 is 1.29. The topological polar surface area (TPSA) is 12.0 Å². The van der Waals surface area contributed by atoms with Gasteiger partial charge in [-0.25, -0.2) is 0 Å². The first-order valence-electron chi connectivity index (χ1n) is 6.77. The average molecular weight is 316 g/mol. The predicted octanol–water partition coefficient (Wildman–Crippen LogP) is 5.13. The Morgan fingerprint density at radius 3 is 2.82 bits per heavy atom. The minimum absolute atomic E-state index is 0.562. The van der Waals surface area contributed by atoms with Gasteiger partial charge in [0.15, 0.2) is 0 Å². The lowest BCUT2D eigenvalue weighted by atomic mass is 9.97. The number of hydrogen-bond donors (Lipinski definition) is 1. The predicted molar refractivity (Wildman–Crippen MR) is 79.6 cm³/mol. The van der Waals surface area contributed by atoms with Crippen LogP contribution in [0, 0.1) is 5.92 Å². The van der Waals surface area contributed by atoms with Gasteiger partial charge in [-0.05, 0) is 52.7 Å². The highest BCUT2D eigenvalue weighted by molar-refractivity contribution is 9.10. The van der Waals surface area contributed by atoms with E-state index in [1.54, 1.807) is 0 Å². The monoisotopic (exact) mass is 315 g/mol. The molecule has 1 aliphatic carbocycles. The van der Waals surface area contributed by atoms with E-state index < -0.39 is 0 Å². The van der Waals surface area contributed by atoms with Crippen LogP contribution in [0.3, 0.4) is 0 Å². The molecule has 3 heteroatoms. The van der Waals surface area contributed by atoms with Crippen molar-refractivity contribution < 1.29 is 0 Å². The van der Waals surface area contributed by atoms with Gasteiger partial charge in [-0.1, -0.05) is 32.6 Å².